The molecule has 1 aliphatic rings. The van der Waals surface area contributed by atoms with E-state index in [0.717, 1.165) is 31.5 Å². The summed E-state index contributed by atoms with van der Waals surface area (Å²) in [6.07, 6.45) is 4.13. The second kappa shape index (κ2) is 4.71. The van der Waals surface area contributed by atoms with E-state index in [1.54, 1.807) is 6.07 Å². The van der Waals surface area contributed by atoms with Gasteiger partial charge in [-0.15, -0.1) is 0 Å². The molecule has 0 amide bonds. The molecule has 0 atom stereocenters. The Morgan fingerprint density at radius 1 is 1.44 bits per heavy atom. The van der Waals surface area contributed by atoms with Crippen molar-refractivity contribution in [1.29, 1.82) is 0 Å². The third-order valence-corrected chi connectivity index (χ3v) is 3.13. The Morgan fingerprint density at radius 3 is 2.88 bits per heavy atom. The molecule has 3 heteroatoms. The van der Waals surface area contributed by atoms with Crippen LogP contribution in [0.1, 0.15) is 23.7 Å². The molecule has 1 heterocycles. The number of aldehydes is 1. The van der Waals surface area contributed by atoms with E-state index in [-0.39, 0.29) is 0 Å². The Hall–Kier alpha value is -1.28. The van der Waals surface area contributed by atoms with Gasteiger partial charge in [0.15, 0.2) is 6.29 Å². The summed E-state index contributed by atoms with van der Waals surface area (Å²) in [5, 5.41) is 0.606. The van der Waals surface area contributed by atoms with Gasteiger partial charge in [0.25, 0.3) is 0 Å². The molecule has 84 valence electrons. The van der Waals surface area contributed by atoms with Gasteiger partial charge in [-0.05, 0) is 31.5 Å². The molecule has 0 unspecified atom stereocenters. The molecule has 1 aliphatic heterocycles. The molecule has 0 fully saturated rings. The first-order chi connectivity index (χ1) is 7.70. The van der Waals surface area contributed by atoms with Crippen LogP contribution in [0.2, 0.25) is 5.02 Å². The van der Waals surface area contributed by atoms with Gasteiger partial charge in [-0.1, -0.05) is 23.3 Å². The molecule has 2 rings (SSSR count). The van der Waals surface area contributed by atoms with Crippen LogP contribution in [0.15, 0.2) is 29.8 Å². The van der Waals surface area contributed by atoms with Crippen LogP contribution in [-0.2, 0) is 0 Å². The normalized spacial score (nSPS) is 15.9. The summed E-state index contributed by atoms with van der Waals surface area (Å²) in [7, 11) is 0. The van der Waals surface area contributed by atoms with Gasteiger partial charge < -0.3 is 4.90 Å². The average Bonchev–Trinajstić information content (AvgIpc) is 2.30. The Labute approximate surface area is 101 Å². The van der Waals surface area contributed by atoms with Crippen LogP contribution >= 0.6 is 11.6 Å². The zero-order valence-corrected chi connectivity index (χ0v) is 10.00. The van der Waals surface area contributed by atoms with E-state index >= 15 is 0 Å². The molecule has 0 saturated heterocycles. The van der Waals surface area contributed by atoms with E-state index in [1.165, 1.54) is 5.57 Å². The Kier molecular flexibility index (Phi) is 3.30. The number of carbonyl (C=O) groups is 1. The van der Waals surface area contributed by atoms with Crippen molar-refractivity contribution in [3.8, 4) is 0 Å². The molecule has 1 aromatic carbocycles. The first kappa shape index (κ1) is 11.2. The summed E-state index contributed by atoms with van der Waals surface area (Å²) >= 11 is 5.87. The topological polar surface area (TPSA) is 20.3 Å². The number of carbonyl (C=O) groups excluding carboxylic acids is 1. The fourth-order valence-electron chi connectivity index (χ4n) is 1.90. The van der Waals surface area contributed by atoms with Gasteiger partial charge in [0.05, 0.1) is 0 Å². The van der Waals surface area contributed by atoms with E-state index in [2.05, 4.69) is 17.9 Å². The van der Waals surface area contributed by atoms with E-state index < -0.39 is 0 Å². The van der Waals surface area contributed by atoms with Crippen LogP contribution in [-0.4, -0.2) is 19.4 Å². The standard InChI is InChI=1S/C13H14ClNO/c1-10-4-6-15(7-5-10)13-3-2-12(14)8-11(13)9-16/h2-4,8-9H,5-7H2,1H3. The molecule has 2 nitrogen and oxygen atoms in total. The average molecular weight is 236 g/mol. The van der Waals surface area contributed by atoms with Crippen LogP contribution in [0, 0.1) is 0 Å². The highest BCUT2D eigenvalue weighted by Gasteiger charge is 2.13. The Bertz CT molecular complexity index is 440. The number of halogens is 1. The predicted octanol–water partition coefficient (Wildman–Crippen LogP) is 3.31. The van der Waals surface area contributed by atoms with Gasteiger partial charge in [0, 0.05) is 29.4 Å². The zero-order chi connectivity index (χ0) is 11.5. The maximum atomic E-state index is 11.0. The summed E-state index contributed by atoms with van der Waals surface area (Å²) < 4.78 is 0. The highest BCUT2D eigenvalue weighted by Crippen LogP contribution is 2.25. The molecule has 16 heavy (non-hydrogen) atoms. The summed E-state index contributed by atoms with van der Waals surface area (Å²) in [6, 6.07) is 5.46. The van der Waals surface area contributed by atoms with Gasteiger partial charge in [-0.25, -0.2) is 0 Å². The molecular formula is C13H14ClNO. The summed E-state index contributed by atoms with van der Waals surface area (Å²) in [5.41, 5.74) is 3.06. The van der Waals surface area contributed by atoms with Crippen molar-refractivity contribution < 1.29 is 4.79 Å². The summed E-state index contributed by atoms with van der Waals surface area (Å²) in [5.74, 6) is 0. The minimum absolute atomic E-state index is 0.606. The molecule has 0 aromatic heterocycles. The molecular weight excluding hydrogens is 222 g/mol. The third kappa shape index (κ3) is 2.27. The minimum Gasteiger partial charge on any atom is -0.367 e. The number of hydrogen-bond acceptors (Lipinski definition) is 2. The zero-order valence-electron chi connectivity index (χ0n) is 9.24. The molecule has 0 bridgehead atoms. The number of benzene rings is 1. The molecule has 0 N–H and O–H groups in total. The van der Waals surface area contributed by atoms with E-state index in [9.17, 15) is 4.79 Å². The van der Waals surface area contributed by atoms with Gasteiger partial charge >= 0.3 is 0 Å². The van der Waals surface area contributed by atoms with Crippen molar-refractivity contribution in [2.24, 2.45) is 0 Å². The first-order valence-electron chi connectivity index (χ1n) is 5.36. The van der Waals surface area contributed by atoms with Crippen molar-refractivity contribution in [1.82, 2.24) is 0 Å². The third-order valence-electron chi connectivity index (χ3n) is 2.89. The van der Waals surface area contributed by atoms with Crippen LogP contribution in [0.25, 0.3) is 0 Å². The van der Waals surface area contributed by atoms with Crippen LogP contribution in [0.5, 0.6) is 0 Å². The van der Waals surface area contributed by atoms with Gasteiger partial charge in [-0.3, -0.25) is 4.79 Å². The highest BCUT2D eigenvalue weighted by molar-refractivity contribution is 6.31. The van der Waals surface area contributed by atoms with E-state index in [1.807, 2.05) is 12.1 Å². The van der Waals surface area contributed by atoms with Crippen molar-refractivity contribution in [2.45, 2.75) is 13.3 Å². The maximum absolute atomic E-state index is 11.0. The molecule has 0 spiro atoms. The lowest BCUT2D eigenvalue weighted by Crippen LogP contribution is -2.28. The second-order valence-electron chi connectivity index (χ2n) is 4.07. The first-order valence-corrected chi connectivity index (χ1v) is 5.74. The molecule has 1 aromatic rings. The van der Waals surface area contributed by atoms with Crippen molar-refractivity contribution in [3.05, 3.63) is 40.4 Å². The Morgan fingerprint density at radius 2 is 2.25 bits per heavy atom. The van der Waals surface area contributed by atoms with Crippen LogP contribution in [0.3, 0.4) is 0 Å². The largest absolute Gasteiger partial charge is 0.367 e. The van der Waals surface area contributed by atoms with Crippen LogP contribution in [0.4, 0.5) is 5.69 Å². The fraction of sp³-hybridized carbons (Fsp3) is 0.308. The van der Waals surface area contributed by atoms with E-state index in [4.69, 9.17) is 11.6 Å². The number of rotatable bonds is 2. The highest BCUT2D eigenvalue weighted by atomic mass is 35.5. The number of nitrogens with zero attached hydrogens (tertiary/aromatic N) is 1. The summed E-state index contributed by atoms with van der Waals surface area (Å²) in [6.45, 7) is 3.97. The monoisotopic (exact) mass is 235 g/mol. The SMILES string of the molecule is CC1=CCN(c2ccc(Cl)cc2C=O)CC1. The quantitative estimate of drug-likeness (QED) is 0.579. The lowest BCUT2D eigenvalue weighted by atomic mass is 10.1. The minimum atomic E-state index is 0.606. The van der Waals surface area contributed by atoms with Crippen molar-refractivity contribution >= 4 is 23.6 Å². The van der Waals surface area contributed by atoms with Crippen molar-refractivity contribution in [3.63, 3.8) is 0 Å². The molecule has 0 aliphatic carbocycles. The van der Waals surface area contributed by atoms with Gasteiger partial charge in [0.2, 0.25) is 0 Å². The number of hydrogen-bond donors (Lipinski definition) is 0. The fourth-order valence-corrected chi connectivity index (χ4v) is 2.08. The Balaban J connectivity index is 2.30. The van der Waals surface area contributed by atoms with E-state index in [0.29, 0.717) is 10.6 Å². The van der Waals surface area contributed by atoms with Crippen LogP contribution < -0.4 is 4.90 Å². The smallest absolute Gasteiger partial charge is 0.152 e. The summed E-state index contributed by atoms with van der Waals surface area (Å²) in [4.78, 5) is 13.2. The lowest BCUT2D eigenvalue weighted by molar-refractivity contribution is 0.112. The number of anilines is 1. The molecule has 0 radical (unpaired) electrons. The van der Waals surface area contributed by atoms with Crippen molar-refractivity contribution in [2.75, 3.05) is 18.0 Å². The maximum Gasteiger partial charge on any atom is 0.152 e. The molecule has 0 saturated carbocycles. The second-order valence-corrected chi connectivity index (χ2v) is 4.50. The van der Waals surface area contributed by atoms with Gasteiger partial charge in [0.1, 0.15) is 0 Å². The lowest BCUT2D eigenvalue weighted by Gasteiger charge is -2.28. The predicted molar refractivity (Wildman–Crippen MR) is 67.4 cm³/mol. The van der Waals surface area contributed by atoms with Gasteiger partial charge in [-0.2, -0.15) is 0 Å².